The number of fused-ring (bicyclic) bond motifs is 1. The molecule has 1 aliphatic heterocycles. The largest absolute Gasteiger partial charge is 0.384 e. The summed E-state index contributed by atoms with van der Waals surface area (Å²) >= 11 is 0. The number of ether oxygens (including phenoxy) is 1. The second kappa shape index (κ2) is 10.8. The van der Waals surface area contributed by atoms with E-state index in [-0.39, 0.29) is 23.7 Å². The molecule has 9 heteroatoms. The highest BCUT2D eigenvalue weighted by molar-refractivity contribution is 6.05. The van der Waals surface area contributed by atoms with Crippen molar-refractivity contribution in [1.29, 1.82) is 10.8 Å². The molecule has 0 bridgehead atoms. The molecule has 0 atom stereocenters. The van der Waals surface area contributed by atoms with Gasteiger partial charge in [0.05, 0.1) is 19.4 Å². The number of methoxy groups -OCH3 is 1. The smallest absolute Gasteiger partial charge is 0.256 e. The van der Waals surface area contributed by atoms with Crippen molar-refractivity contribution in [2.45, 2.75) is 39.3 Å². The molecule has 9 nitrogen and oxygen atoms in total. The molecule has 0 aliphatic carbocycles. The molecule has 0 spiro atoms. The Morgan fingerprint density at radius 2 is 2.06 bits per heavy atom. The fourth-order valence-electron chi connectivity index (χ4n) is 3.69. The second-order valence-electron chi connectivity index (χ2n) is 8.13. The lowest BCUT2D eigenvalue weighted by Crippen LogP contribution is -2.36. The molecule has 0 saturated carbocycles. The summed E-state index contributed by atoms with van der Waals surface area (Å²) in [5.74, 6) is 0.138. The lowest BCUT2D eigenvalue weighted by atomic mass is 9.97. The number of amides is 2. The molecule has 1 aromatic carbocycles. The van der Waals surface area contributed by atoms with Crippen LogP contribution < -0.4 is 5.32 Å². The normalized spacial score (nSPS) is 12.8. The zero-order valence-corrected chi connectivity index (χ0v) is 19.2. The van der Waals surface area contributed by atoms with Gasteiger partial charge in [-0.2, -0.15) is 0 Å². The highest BCUT2D eigenvalue weighted by atomic mass is 16.5. The van der Waals surface area contributed by atoms with Crippen LogP contribution in [0.15, 0.2) is 36.4 Å². The number of anilines is 1. The van der Waals surface area contributed by atoms with Crippen molar-refractivity contribution in [3.63, 3.8) is 0 Å². The van der Waals surface area contributed by atoms with Gasteiger partial charge in [-0.05, 0) is 55.7 Å². The SMILES string of the molecule is COCCC(=O)N1CCc2ccc(C(=O)Nc3cccc(C(=N)N(C=N)C(C)C)n3)cc2C1. The summed E-state index contributed by atoms with van der Waals surface area (Å²) in [4.78, 5) is 32.9. The number of aromatic nitrogens is 1. The highest BCUT2D eigenvalue weighted by Crippen LogP contribution is 2.22. The zero-order chi connectivity index (χ0) is 24.0. The van der Waals surface area contributed by atoms with Gasteiger partial charge in [-0.1, -0.05) is 12.1 Å². The van der Waals surface area contributed by atoms with Gasteiger partial charge >= 0.3 is 0 Å². The van der Waals surface area contributed by atoms with Crippen LogP contribution in [0.3, 0.4) is 0 Å². The van der Waals surface area contributed by atoms with E-state index in [1.54, 1.807) is 36.3 Å². The monoisotopic (exact) mass is 450 g/mol. The molecule has 1 aromatic heterocycles. The Hall–Kier alpha value is -3.59. The summed E-state index contributed by atoms with van der Waals surface area (Å²) in [7, 11) is 1.57. The number of hydrogen-bond acceptors (Lipinski definition) is 6. The highest BCUT2D eigenvalue weighted by Gasteiger charge is 2.22. The summed E-state index contributed by atoms with van der Waals surface area (Å²) in [5.41, 5.74) is 2.93. The predicted molar refractivity (Wildman–Crippen MR) is 127 cm³/mol. The molecule has 2 aromatic rings. The molecule has 2 heterocycles. The number of nitrogens with one attached hydrogen (secondary N) is 3. The van der Waals surface area contributed by atoms with Gasteiger partial charge in [0.1, 0.15) is 11.5 Å². The van der Waals surface area contributed by atoms with Crippen LogP contribution in [0, 0.1) is 10.8 Å². The van der Waals surface area contributed by atoms with Gasteiger partial charge in [0.2, 0.25) is 5.91 Å². The van der Waals surface area contributed by atoms with E-state index in [1.165, 1.54) is 4.90 Å². The maximum atomic E-state index is 12.9. The third-order valence-corrected chi connectivity index (χ3v) is 5.54. The van der Waals surface area contributed by atoms with Crippen molar-refractivity contribution in [2.75, 3.05) is 25.6 Å². The molecule has 1 aliphatic rings. The lowest BCUT2D eigenvalue weighted by molar-refractivity contribution is -0.133. The van der Waals surface area contributed by atoms with Gasteiger partial charge in [0.25, 0.3) is 5.91 Å². The number of hydrogen-bond donors (Lipinski definition) is 3. The Labute approximate surface area is 193 Å². The van der Waals surface area contributed by atoms with Gasteiger partial charge < -0.3 is 19.9 Å². The summed E-state index contributed by atoms with van der Waals surface area (Å²) in [6.07, 6.45) is 2.19. The molecule has 0 radical (unpaired) electrons. The average Bonchev–Trinajstić information content (AvgIpc) is 2.82. The molecule has 3 rings (SSSR count). The van der Waals surface area contributed by atoms with Gasteiger partial charge in [-0.15, -0.1) is 0 Å². The van der Waals surface area contributed by atoms with Gasteiger partial charge in [0.15, 0.2) is 5.84 Å². The van der Waals surface area contributed by atoms with Crippen molar-refractivity contribution in [2.24, 2.45) is 0 Å². The zero-order valence-electron chi connectivity index (χ0n) is 19.2. The topological polar surface area (TPSA) is 122 Å². The van der Waals surface area contributed by atoms with Gasteiger partial charge in [-0.3, -0.25) is 20.4 Å². The quantitative estimate of drug-likeness (QED) is 0.422. The minimum atomic E-state index is -0.315. The molecule has 33 heavy (non-hydrogen) atoms. The summed E-state index contributed by atoms with van der Waals surface area (Å²) in [6, 6.07) is 10.5. The predicted octanol–water partition coefficient (Wildman–Crippen LogP) is 2.90. The minimum absolute atomic E-state index is 0.0428. The second-order valence-corrected chi connectivity index (χ2v) is 8.13. The molecule has 0 saturated heterocycles. The van der Waals surface area contributed by atoms with Crippen molar-refractivity contribution in [3.8, 4) is 0 Å². The molecule has 0 fully saturated rings. The fourth-order valence-corrected chi connectivity index (χ4v) is 3.69. The van der Waals surface area contributed by atoms with Crippen LogP contribution in [0.4, 0.5) is 5.82 Å². The molecule has 2 amide bonds. The van der Waals surface area contributed by atoms with E-state index in [9.17, 15) is 9.59 Å². The third-order valence-electron chi connectivity index (χ3n) is 5.54. The van der Waals surface area contributed by atoms with Crippen LogP contribution in [0.25, 0.3) is 0 Å². The third kappa shape index (κ3) is 5.81. The first-order valence-corrected chi connectivity index (χ1v) is 10.9. The summed E-state index contributed by atoms with van der Waals surface area (Å²) in [5, 5.41) is 18.6. The first kappa shape index (κ1) is 24.1. The van der Waals surface area contributed by atoms with E-state index in [4.69, 9.17) is 15.6 Å². The van der Waals surface area contributed by atoms with Crippen LogP contribution in [0.5, 0.6) is 0 Å². The van der Waals surface area contributed by atoms with Crippen molar-refractivity contribution in [1.82, 2.24) is 14.8 Å². The molecular formula is C24H30N6O3. The Morgan fingerprint density at radius 3 is 2.76 bits per heavy atom. The van der Waals surface area contributed by atoms with Crippen molar-refractivity contribution in [3.05, 3.63) is 58.8 Å². The van der Waals surface area contributed by atoms with E-state index >= 15 is 0 Å². The van der Waals surface area contributed by atoms with Crippen LogP contribution in [-0.2, 0) is 22.5 Å². The van der Waals surface area contributed by atoms with E-state index in [0.717, 1.165) is 23.9 Å². The van der Waals surface area contributed by atoms with Crippen LogP contribution in [0.1, 0.15) is 47.4 Å². The number of nitrogens with zero attached hydrogens (tertiary/aromatic N) is 3. The first-order chi connectivity index (χ1) is 15.8. The van der Waals surface area contributed by atoms with Crippen LogP contribution >= 0.6 is 0 Å². The number of carbonyl (C=O) groups excluding carboxylic acids is 2. The lowest BCUT2D eigenvalue weighted by Gasteiger charge is -2.29. The minimum Gasteiger partial charge on any atom is -0.384 e. The maximum absolute atomic E-state index is 12.9. The fraction of sp³-hybridized carbons (Fsp3) is 0.375. The molecular weight excluding hydrogens is 420 g/mol. The van der Waals surface area contributed by atoms with Gasteiger partial charge in [-0.25, -0.2) is 4.98 Å². The van der Waals surface area contributed by atoms with Crippen LogP contribution in [-0.4, -0.2) is 65.1 Å². The van der Waals surface area contributed by atoms with Crippen LogP contribution in [0.2, 0.25) is 0 Å². The van der Waals surface area contributed by atoms with E-state index in [0.29, 0.717) is 43.2 Å². The number of pyridine rings is 1. The Bertz CT molecular complexity index is 1050. The molecule has 3 N–H and O–H groups in total. The average molecular weight is 451 g/mol. The maximum Gasteiger partial charge on any atom is 0.256 e. The summed E-state index contributed by atoms with van der Waals surface area (Å²) in [6.45, 7) is 5.29. The number of amidine groups is 1. The Balaban J connectivity index is 1.72. The number of carbonyl (C=O) groups is 2. The van der Waals surface area contributed by atoms with E-state index < -0.39 is 0 Å². The molecule has 174 valence electrons. The van der Waals surface area contributed by atoms with E-state index in [1.807, 2.05) is 26.0 Å². The Kier molecular flexibility index (Phi) is 7.89. The standard InChI is InChI=1S/C24H30N6O3/c1-16(2)30(15-25)23(26)20-5-4-6-21(27-20)28-24(32)18-8-7-17-9-11-29(14-19(17)13-18)22(31)10-12-33-3/h4-8,13,15-16,25-26H,9-12,14H2,1-3H3,(H,27,28,32). The Morgan fingerprint density at radius 1 is 1.27 bits per heavy atom. The first-order valence-electron chi connectivity index (χ1n) is 10.9. The number of rotatable bonds is 8. The summed E-state index contributed by atoms with van der Waals surface area (Å²) < 4.78 is 5.00. The number of benzene rings is 1. The molecule has 0 unspecified atom stereocenters. The van der Waals surface area contributed by atoms with Crippen molar-refractivity contribution < 1.29 is 14.3 Å². The van der Waals surface area contributed by atoms with Crippen molar-refractivity contribution >= 4 is 29.8 Å². The van der Waals surface area contributed by atoms with E-state index in [2.05, 4.69) is 10.3 Å². The van der Waals surface area contributed by atoms with Gasteiger partial charge in [0, 0.05) is 31.8 Å².